The first-order valence-electron chi connectivity index (χ1n) is 6.20. The normalized spacial score (nSPS) is 32.4. The number of aliphatic hydroxyl groups excluding tert-OH is 1. The Morgan fingerprint density at radius 3 is 2.65 bits per heavy atom. The molecule has 0 aromatic heterocycles. The van der Waals surface area contributed by atoms with Crippen molar-refractivity contribution in [1.82, 2.24) is 0 Å². The van der Waals surface area contributed by atoms with Crippen molar-refractivity contribution in [2.45, 2.75) is 50.7 Å². The van der Waals surface area contributed by atoms with Crippen LogP contribution in [0.5, 0.6) is 0 Å². The Labute approximate surface area is 104 Å². The quantitative estimate of drug-likeness (QED) is 0.815. The molecule has 1 N–H and O–H groups in total. The lowest BCUT2D eigenvalue weighted by atomic mass is 9.75. The van der Waals surface area contributed by atoms with E-state index >= 15 is 0 Å². The maximum absolute atomic E-state index is 11.1. The molecule has 5 heteroatoms. The first-order chi connectivity index (χ1) is 7.79. The third kappa shape index (κ3) is 4.23. The molecule has 0 aromatic carbocycles. The highest BCUT2D eigenvalue weighted by atomic mass is 32.2. The van der Waals surface area contributed by atoms with Gasteiger partial charge in [0.05, 0.1) is 17.5 Å². The van der Waals surface area contributed by atoms with Gasteiger partial charge in [0.25, 0.3) is 0 Å². The van der Waals surface area contributed by atoms with Gasteiger partial charge >= 0.3 is 0 Å². The van der Waals surface area contributed by atoms with E-state index in [-0.39, 0.29) is 12.2 Å². The average molecular weight is 264 g/mol. The first-order valence-corrected chi connectivity index (χ1v) is 8.26. The zero-order valence-corrected chi connectivity index (χ0v) is 11.8. The molecule has 3 atom stereocenters. The van der Waals surface area contributed by atoms with Gasteiger partial charge in [0, 0.05) is 13.4 Å². The molecule has 0 heterocycles. The van der Waals surface area contributed by atoms with E-state index in [0.717, 1.165) is 25.7 Å². The highest BCUT2D eigenvalue weighted by Crippen LogP contribution is 2.38. The lowest BCUT2D eigenvalue weighted by Crippen LogP contribution is -2.48. The van der Waals surface area contributed by atoms with Crippen LogP contribution in [0.2, 0.25) is 0 Å². The second-order valence-corrected chi connectivity index (χ2v) is 7.66. The SMILES string of the molecule is COC1(C(O)CCS(C)(=O)=O)CCCC(C)C1. The van der Waals surface area contributed by atoms with Gasteiger partial charge in [-0.2, -0.15) is 0 Å². The molecule has 0 radical (unpaired) electrons. The molecule has 1 saturated carbocycles. The zero-order valence-electron chi connectivity index (χ0n) is 11.0. The molecule has 0 aliphatic heterocycles. The van der Waals surface area contributed by atoms with Crippen LogP contribution in [0.15, 0.2) is 0 Å². The summed E-state index contributed by atoms with van der Waals surface area (Å²) in [6.45, 7) is 2.15. The van der Waals surface area contributed by atoms with Crippen LogP contribution in [-0.4, -0.2) is 44.3 Å². The Balaban J connectivity index is 2.65. The Bertz CT molecular complexity index is 338. The molecule has 1 fully saturated rings. The van der Waals surface area contributed by atoms with E-state index in [0.29, 0.717) is 5.92 Å². The molecule has 0 saturated heterocycles. The lowest BCUT2D eigenvalue weighted by Gasteiger charge is -2.42. The molecular formula is C12H24O4S. The van der Waals surface area contributed by atoms with Crippen molar-refractivity contribution >= 4 is 9.84 Å². The van der Waals surface area contributed by atoms with E-state index in [1.807, 2.05) is 0 Å². The van der Waals surface area contributed by atoms with Gasteiger partial charge in [-0.05, 0) is 25.2 Å². The van der Waals surface area contributed by atoms with Crippen molar-refractivity contribution in [3.63, 3.8) is 0 Å². The summed E-state index contributed by atoms with van der Waals surface area (Å²) in [5.41, 5.74) is -0.539. The predicted molar refractivity (Wildman–Crippen MR) is 67.7 cm³/mol. The number of sulfone groups is 1. The maximum Gasteiger partial charge on any atom is 0.147 e. The molecule has 102 valence electrons. The summed E-state index contributed by atoms with van der Waals surface area (Å²) < 4.78 is 27.8. The number of aliphatic hydroxyl groups is 1. The van der Waals surface area contributed by atoms with Gasteiger partial charge in [0.2, 0.25) is 0 Å². The summed E-state index contributed by atoms with van der Waals surface area (Å²) in [4.78, 5) is 0. The summed E-state index contributed by atoms with van der Waals surface area (Å²) in [7, 11) is -1.41. The molecule has 1 aliphatic rings. The minimum absolute atomic E-state index is 0.0215. The topological polar surface area (TPSA) is 63.6 Å². The predicted octanol–water partition coefficient (Wildman–Crippen LogP) is 1.38. The highest BCUT2D eigenvalue weighted by molar-refractivity contribution is 7.90. The monoisotopic (exact) mass is 264 g/mol. The molecule has 0 aromatic rings. The summed E-state index contributed by atoms with van der Waals surface area (Å²) >= 11 is 0. The summed E-state index contributed by atoms with van der Waals surface area (Å²) in [5, 5.41) is 10.2. The summed E-state index contributed by atoms with van der Waals surface area (Å²) in [5.74, 6) is 0.546. The van der Waals surface area contributed by atoms with Crippen LogP contribution in [0.3, 0.4) is 0 Å². The van der Waals surface area contributed by atoms with Gasteiger partial charge in [-0.25, -0.2) is 8.42 Å². The zero-order chi connectivity index (χ0) is 13.1. The third-order valence-electron chi connectivity index (χ3n) is 3.77. The minimum Gasteiger partial charge on any atom is -0.390 e. The van der Waals surface area contributed by atoms with E-state index in [9.17, 15) is 13.5 Å². The number of ether oxygens (including phenoxy) is 1. The third-order valence-corrected chi connectivity index (χ3v) is 4.74. The van der Waals surface area contributed by atoms with Crippen molar-refractivity contribution in [3.05, 3.63) is 0 Å². The standard InChI is InChI=1S/C12H24O4S/c1-10-5-4-7-12(9-10,16-2)11(13)6-8-17(3,14)15/h10-11,13H,4-9H2,1-3H3. The molecule has 3 unspecified atom stereocenters. The molecule has 4 nitrogen and oxygen atoms in total. The molecule has 0 bridgehead atoms. The number of hydrogen-bond acceptors (Lipinski definition) is 4. The fourth-order valence-corrected chi connectivity index (χ4v) is 3.41. The van der Waals surface area contributed by atoms with Crippen LogP contribution in [0.4, 0.5) is 0 Å². The van der Waals surface area contributed by atoms with E-state index in [2.05, 4.69) is 6.92 Å². The maximum atomic E-state index is 11.1. The highest BCUT2D eigenvalue weighted by Gasteiger charge is 2.41. The van der Waals surface area contributed by atoms with Crippen LogP contribution in [0.1, 0.15) is 39.0 Å². The van der Waals surface area contributed by atoms with Crippen LogP contribution in [-0.2, 0) is 14.6 Å². The van der Waals surface area contributed by atoms with Crippen molar-refractivity contribution in [1.29, 1.82) is 0 Å². The largest absolute Gasteiger partial charge is 0.390 e. The second kappa shape index (κ2) is 5.67. The van der Waals surface area contributed by atoms with E-state index in [4.69, 9.17) is 4.74 Å². The van der Waals surface area contributed by atoms with Gasteiger partial charge in [0.1, 0.15) is 9.84 Å². The number of methoxy groups -OCH3 is 1. The van der Waals surface area contributed by atoms with E-state index < -0.39 is 21.5 Å². The Kier molecular flexibility index (Phi) is 4.98. The average Bonchev–Trinajstić information content (AvgIpc) is 2.24. The Hall–Kier alpha value is -0.130. The molecule has 1 aliphatic carbocycles. The van der Waals surface area contributed by atoms with Gasteiger partial charge in [-0.3, -0.25) is 0 Å². The summed E-state index contributed by atoms with van der Waals surface area (Å²) in [6, 6.07) is 0. The van der Waals surface area contributed by atoms with Crippen LogP contribution < -0.4 is 0 Å². The molecule has 0 spiro atoms. The van der Waals surface area contributed by atoms with Crippen LogP contribution in [0.25, 0.3) is 0 Å². The van der Waals surface area contributed by atoms with Crippen molar-refractivity contribution < 1.29 is 18.3 Å². The smallest absolute Gasteiger partial charge is 0.147 e. The van der Waals surface area contributed by atoms with Gasteiger partial charge in [0.15, 0.2) is 0 Å². The van der Waals surface area contributed by atoms with E-state index in [1.165, 1.54) is 6.26 Å². The fraction of sp³-hybridized carbons (Fsp3) is 1.00. The number of rotatable bonds is 5. The van der Waals surface area contributed by atoms with E-state index in [1.54, 1.807) is 7.11 Å². The first kappa shape index (κ1) is 14.9. The van der Waals surface area contributed by atoms with Crippen molar-refractivity contribution in [2.24, 2.45) is 5.92 Å². The molecule has 1 rings (SSSR count). The minimum atomic E-state index is -3.02. The molecule has 17 heavy (non-hydrogen) atoms. The number of hydrogen-bond donors (Lipinski definition) is 1. The van der Waals surface area contributed by atoms with Crippen molar-refractivity contribution in [3.8, 4) is 0 Å². The second-order valence-electron chi connectivity index (χ2n) is 5.40. The van der Waals surface area contributed by atoms with Crippen LogP contribution in [0, 0.1) is 5.92 Å². The van der Waals surface area contributed by atoms with Gasteiger partial charge < -0.3 is 9.84 Å². The molecule has 0 amide bonds. The fourth-order valence-electron chi connectivity index (χ4n) is 2.76. The Morgan fingerprint density at radius 1 is 1.53 bits per heavy atom. The summed E-state index contributed by atoms with van der Waals surface area (Å²) in [6.07, 6.45) is 4.59. The van der Waals surface area contributed by atoms with Crippen molar-refractivity contribution in [2.75, 3.05) is 19.1 Å². The van der Waals surface area contributed by atoms with Gasteiger partial charge in [-0.1, -0.05) is 19.8 Å². The van der Waals surface area contributed by atoms with Gasteiger partial charge in [-0.15, -0.1) is 0 Å². The van der Waals surface area contributed by atoms with Crippen LogP contribution >= 0.6 is 0 Å². The molecular weight excluding hydrogens is 240 g/mol. The lowest BCUT2D eigenvalue weighted by molar-refractivity contribution is -0.132. The Morgan fingerprint density at radius 2 is 2.18 bits per heavy atom.